The van der Waals surface area contributed by atoms with E-state index in [-0.39, 0.29) is 6.61 Å². The van der Waals surface area contributed by atoms with Crippen LogP contribution >= 0.6 is 0 Å². The average molecular weight is 253 g/mol. The molecule has 0 aromatic heterocycles. The highest BCUT2D eigenvalue weighted by molar-refractivity contribution is 5.41. The fraction of sp³-hybridized carbons (Fsp3) is 0.133. The third kappa shape index (κ3) is 4.34. The molecule has 2 rings (SSSR count). The van der Waals surface area contributed by atoms with Crippen LogP contribution in [0, 0.1) is 11.3 Å². The maximum atomic E-state index is 8.47. The molecule has 0 heterocycles. The molecule has 0 aliphatic heterocycles. The van der Waals surface area contributed by atoms with E-state index >= 15 is 0 Å². The van der Waals surface area contributed by atoms with Gasteiger partial charge in [0.2, 0.25) is 0 Å². The summed E-state index contributed by atoms with van der Waals surface area (Å²) in [6.45, 7) is 0.734. The molecule has 2 aromatic rings. The van der Waals surface area contributed by atoms with Gasteiger partial charge in [0.15, 0.2) is 6.61 Å². The molecule has 0 amide bonds. The monoisotopic (exact) mass is 253 g/mol. The molecular formula is C15H15N3O. The molecule has 2 N–H and O–H groups in total. The van der Waals surface area contributed by atoms with Gasteiger partial charge in [-0.2, -0.15) is 5.26 Å². The van der Waals surface area contributed by atoms with E-state index < -0.39 is 0 Å². The minimum absolute atomic E-state index is 0.0686. The van der Waals surface area contributed by atoms with Gasteiger partial charge >= 0.3 is 0 Å². The Morgan fingerprint density at radius 3 is 2.68 bits per heavy atom. The zero-order chi connectivity index (χ0) is 13.3. The Morgan fingerprint density at radius 1 is 1.05 bits per heavy atom. The summed E-state index contributed by atoms with van der Waals surface area (Å²) in [5.41, 5.74) is 8.34. The molecule has 4 heteroatoms. The van der Waals surface area contributed by atoms with Crippen molar-refractivity contribution in [3.63, 3.8) is 0 Å². The van der Waals surface area contributed by atoms with Crippen molar-refractivity contribution in [2.45, 2.75) is 6.54 Å². The van der Waals surface area contributed by atoms with Crippen molar-refractivity contribution in [2.24, 2.45) is 0 Å². The van der Waals surface area contributed by atoms with Gasteiger partial charge < -0.3 is 10.2 Å². The Hall–Kier alpha value is -2.51. The predicted octanol–water partition coefficient (Wildman–Crippen LogP) is 2.71. The normalized spacial score (nSPS) is 9.63. The summed E-state index contributed by atoms with van der Waals surface area (Å²) >= 11 is 0. The summed E-state index contributed by atoms with van der Waals surface area (Å²) in [5.74, 6) is 0.709. The Kier molecular flexibility index (Phi) is 4.79. The molecular weight excluding hydrogens is 238 g/mol. The fourth-order valence-corrected chi connectivity index (χ4v) is 1.63. The first-order chi connectivity index (χ1) is 9.38. The molecule has 0 aliphatic carbocycles. The smallest absolute Gasteiger partial charge is 0.174 e. The van der Waals surface area contributed by atoms with Crippen LogP contribution < -0.4 is 15.6 Å². The Bertz CT molecular complexity index is 549. The molecule has 0 unspecified atom stereocenters. The van der Waals surface area contributed by atoms with Gasteiger partial charge in [0.05, 0.1) is 0 Å². The first-order valence-electron chi connectivity index (χ1n) is 6.01. The number of hydrazine groups is 1. The number of hydrogen-bond donors (Lipinski definition) is 2. The molecule has 96 valence electrons. The third-order valence-electron chi connectivity index (χ3n) is 2.50. The van der Waals surface area contributed by atoms with Crippen LogP contribution in [-0.2, 0) is 6.54 Å². The number of rotatable bonds is 6. The van der Waals surface area contributed by atoms with Gasteiger partial charge in [-0.05, 0) is 29.8 Å². The lowest BCUT2D eigenvalue weighted by Gasteiger charge is -2.09. The van der Waals surface area contributed by atoms with Gasteiger partial charge in [0.25, 0.3) is 0 Å². The second-order valence-electron chi connectivity index (χ2n) is 3.94. The van der Waals surface area contributed by atoms with Crippen LogP contribution in [0.2, 0.25) is 0 Å². The van der Waals surface area contributed by atoms with Crippen LogP contribution in [0.15, 0.2) is 54.6 Å². The zero-order valence-corrected chi connectivity index (χ0v) is 10.5. The van der Waals surface area contributed by atoms with Crippen molar-refractivity contribution >= 4 is 5.69 Å². The largest absolute Gasteiger partial charge is 0.479 e. The van der Waals surface area contributed by atoms with Crippen LogP contribution in [0.5, 0.6) is 5.75 Å². The molecule has 0 radical (unpaired) electrons. The van der Waals surface area contributed by atoms with Gasteiger partial charge in [0.1, 0.15) is 11.8 Å². The number of para-hydroxylation sites is 1. The van der Waals surface area contributed by atoms with Crippen LogP contribution in [0.4, 0.5) is 5.69 Å². The second kappa shape index (κ2) is 7.04. The second-order valence-corrected chi connectivity index (χ2v) is 3.94. The minimum atomic E-state index is 0.0686. The molecule has 0 aliphatic rings. The zero-order valence-electron chi connectivity index (χ0n) is 10.5. The quantitative estimate of drug-likeness (QED) is 0.777. The van der Waals surface area contributed by atoms with Crippen molar-refractivity contribution in [2.75, 3.05) is 12.0 Å². The summed E-state index contributed by atoms with van der Waals surface area (Å²) in [4.78, 5) is 0. The number of nitrogens with zero attached hydrogens (tertiary/aromatic N) is 1. The Labute approximate surface area is 112 Å². The van der Waals surface area contributed by atoms with Crippen molar-refractivity contribution < 1.29 is 4.74 Å². The molecule has 2 aromatic carbocycles. The van der Waals surface area contributed by atoms with E-state index in [9.17, 15) is 0 Å². The van der Waals surface area contributed by atoms with Gasteiger partial charge in [-0.3, -0.25) is 0 Å². The number of anilines is 1. The molecule has 0 bridgehead atoms. The highest BCUT2D eigenvalue weighted by Crippen LogP contribution is 2.13. The van der Waals surface area contributed by atoms with Gasteiger partial charge in [-0.1, -0.05) is 30.3 Å². The number of ether oxygens (including phenoxy) is 1. The standard InChI is InChI=1S/C15H15N3O/c16-9-10-19-15-8-4-5-13(11-15)12-17-18-14-6-2-1-3-7-14/h1-8,11,17-18H,10,12H2. The van der Waals surface area contributed by atoms with Crippen molar-refractivity contribution in [3.05, 3.63) is 60.2 Å². The van der Waals surface area contributed by atoms with E-state index in [0.29, 0.717) is 12.3 Å². The van der Waals surface area contributed by atoms with Crippen LogP contribution in [0.25, 0.3) is 0 Å². The Morgan fingerprint density at radius 2 is 1.89 bits per heavy atom. The number of nitriles is 1. The molecule has 19 heavy (non-hydrogen) atoms. The molecule has 0 atom stereocenters. The van der Waals surface area contributed by atoms with Crippen molar-refractivity contribution in [1.82, 2.24) is 5.43 Å². The first kappa shape index (κ1) is 12.9. The third-order valence-corrected chi connectivity index (χ3v) is 2.50. The molecule has 0 spiro atoms. The van der Waals surface area contributed by atoms with Crippen LogP contribution in [-0.4, -0.2) is 6.61 Å². The fourth-order valence-electron chi connectivity index (χ4n) is 1.63. The molecule has 4 nitrogen and oxygen atoms in total. The first-order valence-corrected chi connectivity index (χ1v) is 6.01. The molecule has 0 saturated carbocycles. The van der Waals surface area contributed by atoms with E-state index in [0.717, 1.165) is 11.3 Å². The summed E-state index contributed by atoms with van der Waals surface area (Å²) in [6.07, 6.45) is 0. The van der Waals surface area contributed by atoms with E-state index in [4.69, 9.17) is 10.00 Å². The number of hydrogen-bond acceptors (Lipinski definition) is 4. The number of benzene rings is 2. The minimum Gasteiger partial charge on any atom is -0.479 e. The van der Waals surface area contributed by atoms with Crippen molar-refractivity contribution in [3.8, 4) is 11.8 Å². The maximum absolute atomic E-state index is 8.47. The summed E-state index contributed by atoms with van der Waals surface area (Å²) in [5, 5.41) is 8.47. The molecule has 0 saturated heterocycles. The number of nitrogens with one attached hydrogen (secondary N) is 2. The van der Waals surface area contributed by atoms with E-state index in [1.807, 2.05) is 60.7 Å². The average Bonchev–Trinajstić information content (AvgIpc) is 2.47. The summed E-state index contributed by atoms with van der Waals surface area (Å²) in [7, 11) is 0. The van der Waals surface area contributed by atoms with Gasteiger partial charge in [0, 0.05) is 12.2 Å². The summed E-state index contributed by atoms with van der Waals surface area (Å²) < 4.78 is 5.25. The highest BCUT2D eigenvalue weighted by atomic mass is 16.5. The highest BCUT2D eigenvalue weighted by Gasteiger charge is 1.97. The lowest BCUT2D eigenvalue weighted by atomic mass is 10.2. The molecule has 0 fully saturated rings. The van der Waals surface area contributed by atoms with Crippen LogP contribution in [0.1, 0.15) is 5.56 Å². The lowest BCUT2D eigenvalue weighted by molar-refractivity contribution is 0.367. The maximum Gasteiger partial charge on any atom is 0.174 e. The van der Waals surface area contributed by atoms with Crippen molar-refractivity contribution in [1.29, 1.82) is 5.26 Å². The van der Waals surface area contributed by atoms with E-state index in [2.05, 4.69) is 10.9 Å². The Balaban J connectivity index is 1.84. The summed E-state index contributed by atoms with van der Waals surface area (Å²) in [6, 6.07) is 19.5. The van der Waals surface area contributed by atoms with Gasteiger partial charge in [-0.25, -0.2) is 5.43 Å². The lowest BCUT2D eigenvalue weighted by Crippen LogP contribution is -2.20. The SMILES string of the molecule is N#CCOc1cccc(CNNc2ccccc2)c1. The van der Waals surface area contributed by atoms with E-state index in [1.54, 1.807) is 0 Å². The topological polar surface area (TPSA) is 57.1 Å². The van der Waals surface area contributed by atoms with Crippen LogP contribution in [0.3, 0.4) is 0 Å². The predicted molar refractivity (Wildman–Crippen MR) is 74.5 cm³/mol. The van der Waals surface area contributed by atoms with Gasteiger partial charge in [-0.15, -0.1) is 0 Å². The van der Waals surface area contributed by atoms with E-state index in [1.165, 1.54) is 0 Å².